The maximum absolute atomic E-state index is 13.2. The SMILES string of the molecule is CO[Si](CCC[Si](CCCC(CCC[Si](CCC[Si](OC)(OC)OC)(CCC[Si](OC)(OC)OC)CCC[Si](OC)(OC)OC)(CCC[Si](CCC[Si](OC)(OC)OC)(CCC[Si](OC)(OC)OC)CCC[Si](OC)(OC)OC)CN[C-]=O)(CCC[Si](OC)(OC)OC)CCC[Si](OC)(OC)OC)(OC)OC.[W]. The molecule has 0 bridgehead atoms. The fourth-order valence-corrected chi connectivity index (χ4v) is 51.1. The van der Waals surface area contributed by atoms with Crippen molar-refractivity contribution in [2.75, 3.05) is 199 Å². The van der Waals surface area contributed by atoms with Crippen LogP contribution in [0, 0.1) is 5.41 Å². The summed E-state index contributed by atoms with van der Waals surface area (Å²) in [6.07, 6.45) is 15.2. The van der Waals surface area contributed by atoms with Crippen molar-refractivity contribution in [2.24, 2.45) is 5.41 Å². The first kappa shape index (κ1) is 112. The van der Waals surface area contributed by atoms with Crippen LogP contribution < -0.4 is 5.32 Å². The van der Waals surface area contributed by atoms with Crippen molar-refractivity contribution in [1.82, 2.24) is 5.32 Å². The molecule has 0 saturated heterocycles. The molecular formula is C66H156NO28Si12W-. The van der Waals surface area contributed by atoms with E-state index in [-0.39, 0.29) is 26.5 Å². The van der Waals surface area contributed by atoms with Gasteiger partial charge in [0.1, 0.15) is 0 Å². The maximum Gasteiger partial charge on any atom is 0.500 e. The molecule has 1 amide bonds. The van der Waals surface area contributed by atoms with Gasteiger partial charge in [0.2, 0.25) is 0 Å². The van der Waals surface area contributed by atoms with Gasteiger partial charge >= 0.3 is 79.2 Å². The van der Waals surface area contributed by atoms with Gasteiger partial charge in [-0.2, -0.15) is 6.41 Å². The van der Waals surface area contributed by atoms with E-state index < -0.39 is 103 Å². The number of hydrogen-bond donors (Lipinski definition) is 1. The zero-order chi connectivity index (χ0) is 81.2. The summed E-state index contributed by atoms with van der Waals surface area (Å²) in [7, 11) is 11.6. The predicted molar refractivity (Wildman–Crippen MR) is 445 cm³/mol. The summed E-state index contributed by atoms with van der Waals surface area (Å²) in [6.45, 7) is 0.457. The van der Waals surface area contributed by atoms with Crippen molar-refractivity contribution >= 4 is 110 Å². The van der Waals surface area contributed by atoms with Gasteiger partial charge in [0.05, 0.1) is 24.2 Å². The van der Waals surface area contributed by atoms with E-state index >= 15 is 0 Å². The second kappa shape index (κ2) is 59.4. The van der Waals surface area contributed by atoms with Crippen LogP contribution in [0.1, 0.15) is 96.3 Å². The topological polar surface area (TPSA) is 278 Å². The van der Waals surface area contributed by atoms with Gasteiger partial charge in [-0.05, 0) is 31.2 Å². The molecule has 0 aliphatic rings. The van der Waals surface area contributed by atoms with Crippen molar-refractivity contribution in [3.8, 4) is 0 Å². The molecule has 0 aromatic heterocycles. The molecule has 0 radical (unpaired) electrons. The van der Waals surface area contributed by atoms with Gasteiger partial charge in [0.25, 0.3) is 0 Å². The largest absolute Gasteiger partial charge is 0.529 e. The van der Waals surface area contributed by atoms with E-state index in [9.17, 15) is 4.79 Å². The molecule has 0 fully saturated rings. The van der Waals surface area contributed by atoms with E-state index in [2.05, 4.69) is 11.7 Å². The second-order valence-electron chi connectivity index (χ2n) is 28.4. The van der Waals surface area contributed by atoms with Crippen LogP contribution in [-0.2, 0) is 145 Å². The Morgan fingerprint density at radius 1 is 0.194 bits per heavy atom. The minimum absolute atomic E-state index is 0. The predicted octanol–water partition coefficient (Wildman–Crippen LogP) is 12.7. The van der Waals surface area contributed by atoms with Crippen LogP contribution in [0.15, 0.2) is 0 Å². The first-order valence-electron chi connectivity index (χ1n) is 38.2. The first-order chi connectivity index (χ1) is 51.2. The van der Waals surface area contributed by atoms with Gasteiger partial charge in [-0.3, -0.25) is 0 Å². The minimum Gasteiger partial charge on any atom is -0.529 e. The van der Waals surface area contributed by atoms with Crippen molar-refractivity contribution < 1.29 is 145 Å². The molecule has 29 nitrogen and oxygen atoms in total. The van der Waals surface area contributed by atoms with Crippen LogP contribution in [0.4, 0.5) is 0 Å². The molecule has 1 N–H and O–H groups in total. The third kappa shape index (κ3) is 36.3. The number of rotatable bonds is 78. The molecule has 0 unspecified atom stereocenters. The van der Waals surface area contributed by atoms with Crippen LogP contribution in [-0.4, -0.2) is 308 Å². The normalized spacial score (nSPS) is 13.8. The Kier molecular flexibility index (Phi) is 61.4. The summed E-state index contributed by atoms with van der Waals surface area (Å²) in [5.41, 5.74) is -0.367. The van der Waals surface area contributed by atoms with Gasteiger partial charge in [0, 0.05) is 267 Å². The summed E-state index contributed by atoms with van der Waals surface area (Å²) < 4.78 is 164. The molecule has 0 spiro atoms. The Morgan fingerprint density at radius 3 is 0.407 bits per heavy atom. The van der Waals surface area contributed by atoms with E-state index in [0.29, 0.717) is 60.9 Å². The monoisotopic (exact) mass is 1930 g/mol. The molecule has 0 rings (SSSR count). The minimum atomic E-state index is -2.98. The van der Waals surface area contributed by atoms with Crippen LogP contribution in [0.5, 0.6) is 0 Å². The van der Waals surface area contributed by atoms with Crippen molar-refractivity contribution in [2.45, 2.75) is 223 Å². The Morgan fingerprint density at radius 2 is 0.306 bits per heavy atom. The van der Waals surface area contributed by atoms with E-state index in [1.54, 1.807) is 192 Å². The summed E-state index contributed by atoms with van der Waals surface area (Å²) in [4.78, 5) is 13.2. The average molecular weight is 1930 g/mol. The third-order valence-corrected chi connectivity index (χ3v) is 66.3. The maximum atomic E-state index is 13.2. The zero-order valence-electron chi connectivity index (χ0n) is 72.5. The molecule has 42 heteroatoms. The van der Waals surface area contributed by atoms with Crippen molar-refractivity contribution in [3.05, 3.63) is 0 Å². The van der Waals surface area contributed by atoms with Gasteiger partial charge in [-0.25, -0.2) is 0 Å². The third-order valence-electron chi connectivity index (χ3n) is 23.9. The molecule has 0 atom stereocenters. The van der Waals surface area contributed by atoms with Crippen LogP contribution in [0.2, 0.25) is 127 Å². The molecule has 108 heavy (non-hydrogen) atoms. The van der Waals surface area contributed by atoms with E-state index in [4.69, 9.17) is 120 Å². The average Bonchev–Trinajstić information content (AvgIpc) is 0.826. The Bertz CT molecular complexity index is 1700. The van der Waals surface area contributed by atoms with E-state index in [0.717, 1.165) is 169 Å². The standard InChI is InChI=1S/C66H156NO28Si12.W/c1-69-99(70-2,71-3)55-31-46-96(47-32-56-100(72-4,73-5)74-6,48-33-57-101(75-7,76-8)77-9)43-28-40-66(64-67-65-68,41-29-44-97(49-34-58-102(78-10,79-11)80-12,50-35-59-103(81-13,82-14)83-15)51-36-60-104(84-16,85-17)86-18)42-30-45-98(52-37-61-105(87-19,88-20)89-21,53-38-62-106(90-22,91-23)92-24)54-39-63-107(93-25,94-26)95-27;/h28-64H2,1-27H3,(H,67,68);/q-1;. The fourth-order valence-electron chi connectivity index (χ4n) is 16.8. The molecule has 0 aromatic carbocycles. The van der Waals surface area contributed by atoms with Crippen LogP contribution in [0.25, 0.3) is 0 Å². The van der Waals surface area contributed by atoms with Crippen LogP contribution >= 0.6 is 0 Å². The van der Waals surface area contributed by atoms with E-state index in [1.807, 2.05) is 0 Å². The second-order valence-corrected chi connectivity index (χ2v) is 71.2. The quantitative estimate of drug-likeness (QED) is 0.0336. The van der Waals surface area contributed by atoms with Gasteiger partial charge in [0.15, 0.2) is 0 Å². The molecule has 0 aliphatic heterocycles. The number of hydrogen-bond acceptors (Lipinski definition) is 28. The molecular weight excluding hydrogens is 1780 g/mol. The first-order valence-corrected chi connectivity index (χ1v) is 64.1. The molecule has 0 saturated carbocycles. The fraction of sp³-hybridized carbons (Fsp3) is 0.985. The molecule has 0 heterocycles. The Hall–Kier alpha value is 1.68. The number of nitrogens with one attached hydrogen (secondary N) is 1. The van der Waals surface area contributed by atoms with Crippen molar-refractivity contribution in [3.63, 3.8) is 0 Å². The summed E-state index contributed by atoms with van der Waals surface area (Å²) in [5, 5.41) is 3.26. The van der Waals surface area contributed by atoms with Crippen LogP contribution in [0.3, 0.4) is 0 Å². The molecule has 0 aromatic rings. The summed E-state index contributed by atoms with van der Waals surface area (Å²) in [5.74, 6) is 0. The Labute approximate surface area is 683 Å². The van der Waals surface area contributed by atoms with Gasteiger partial charge < -0.3 is 130 Å². The molecule has 648 valence electrons. The van der Waals surface area contributed by atoms with Gasteiger partial charge in [-0.15, -0.1) is 0 Å². The zero-order valence-corrected chi connectivity index (χ0v) is 87.4. The Balaban J connectivity index is 0. The number of carbonyl (C=O) groups excluding carboxylic acids is 1. The molecule has 0 aliphatic carbocycles. The van der Waals surface area contributed by atoms with E-state index in [1.165, 1.54) is 0 Å². The smallest absolute Gasteiger partial charge is 0.500 e. The summed E-state index contributed by atoms with van der Waals surface area (Å²) >= 11 is 0. The number of amides is 1. The van der Waals surface area contributed by atoms with Crippen molar-refractivity contribution in [1.29, 1.82) is 0 Å². The van der Waals surface area contributed by atoms with Gasteiger partial charge in [-0.1, -0.05) is 150 Å². The summed E-state index contributed by atoms with van der Waals surface area (Å²) in [6, 6.07) is 17.9.